The fourth-order valence-electron chi connectivity index (χ4n) is 2.92. The maximum Gasteiger partial charge on any atom is 0.179 e. The molecular weight excluding hydrogens is 242 g/mol. The molecule has 5 nitrogen and oxygen atoms in total. The summed E-state index contributed by atoms with van der Waals surface area (Å²) in [5, 5.41) is 7.72. The van der Waals surface area contributed by atoms with Gasteiger partial charge in [0.1, 0.15) is 6.10 Å². The summed E-state index contributed by atoms with van der Waals surface area (Å²) in [6.07, 6.45) is 6.31. The highest BCUT2D eigenvalue weighted by Crippen LogP contribution is 2.33. The van der Waals surface area contributed by atoms with Crippen LogP contribution in [-0.2, 0) is 0 Å². The minimum atomic E-state index is 0.266. The van der Waals surface area contributed by atoms with Crippen molar-refractivity contribution < 1.29 is 9.37 Å². The Morgan fingerprint density at radius 1 is 1.26 bits per heavy atom. The third-order valence-electron chi connectivity index (χ3n) is 4.05. The van der Waals surface area contributed by atoms with Gasteiger partial charge in [-0.3, -0.25) is 0 Å². The highest BCUT2D eigenvalue weighted by atomic mass is 16.6. The first kappa shape index (κ1) is 12.3. The molecule has 1 heterocycles. The van der Waals surface area contributed by atoms with Gasteiger partial charge in [0.05, 0.1) is 5.69 Å². The van der Waals surface area contributed by atoms with Gasteiger partial charge in [0.2, 0.25) is 0 Å². The highest BCUT2D eigenvalue weighted by molar-refractivity contribution is 5.90. The number of nitrogens with two attached hydrogens (primary N) is 1. The number of nitrogens with zero attached hydrogens (tertiary/aromatic N) is 2. The predicted octanol–water partition coefficient (Wildman–Crippen LogP) is 3.15. The Bertz CT molecular complexity index is 567. The van der Waals surface area contributed by atoms with E-state index in [2.05, 4.69) is 17.2 Å². The van der Waals surface area contributed by atoms with Gasteiger partial charge in [-0.05, 0) is 54.0 Å². The lowest BCUT2D eigenvalue weighted by Gasteiger charge is -2.31. The van der Waals surface area contributed by atoms with E-state index in [0.29, 0.717) is 22.6 Å². The van der Waals surface area contributed by atoms with E-state index < -0.39 is 0 Å². The second kappa shape index (κ2) is 5.07. The van der Waals surface area contributed by atoms with Crippen LogP contribution in [0.5, 0.6) is 5.75 Å². The number of nitrogen functional groups attached to an aromatic ring is 1. The Hall–Kier alpha value is -1.78. The lowest BCUT2D eigenvalue weighted by Crippen LogP contribution is -2.30. The average molecular weight is 261 g/mol. The first-order chi connectivity index (χ1) is 9.29. The number of hydrogen-bond acceptors (Lipinski definition) is 5. The Balaban J connectivity index is 1.88. The van der Waals surface area contributed by atoms with Crippen molar-refractivity contribution in [2.24, 2.45) is 5.92 Å². The van der Waals surface area contributed by atoms with Crippen LogP contribution in [0.1, 0.15) is 39.0 Å². The van der Waals surface area contributed by atoms with Crippen LogP contribution >= 0.6 is 0 Å². The molecule has 2 atom stereocenters. The largest absolute Gasteiger partial charge is 0.488 e. The van der Waals surface area contributed by atoms with Crippen molar-refractivity contribution in [3.8, 4) is 5.75 Å². The molecule has 0 aliphatic heterocycles. The van der Waals surface area contributed by atoms with Crippen molar-refractivity contribution in [3.63, 3.8) is 0 Å². The molecule has 0 bridgehead atoms. The zero-order valence-electron chi connectivity index (χ0n) is 11.1. The van der Waals surface area contributed by atoms with Crippen molar-refractivity contribution in [2.45, 2.75) is 45.1 Å². The minimum Gasteiger partial charge on any atom is -0.488 e. The average Bonchev–Trinajstić information content (AvgIpc) is 2.93. The molecule has 1 aliphatic rings. The number of benzene rings is 1. The molecule has 0 radical (unpaired) electrons. The van der Waals surface area contributed by atoms with Crippen LogP contribution in [0.3, 0.4) is 0 Å². The van der Waals surface area contributed by atoms with Crippen molar-refractivity contribution in [1.29, 1.82) is 0 Å². The van der Waals surface area contributed by atoms with Gasteiger partial charge in [0.15, 0.2) is 16.8 Å². The van der Waals surface area contributed by atoms with Crippen LogP contribution in [0.15, 0.2) is 16.8 Å². The quantitative estimate of drug-likeness (QED) is 0.859. The predicted molar refractivity (Wildman–Crippen MR) is 72.9 cm³/mol. The van der Waals surface area contributed by atoms with E-state index in [0.717, 1.165) is 18.6 Å². The summed E-state index contributed by atoms with van der Waals surface area (Å²) >= 11 is 0. The van der Waals surface area contributed by atoms with Gasteiger partial charge in [-0.25, -0.2) is 4.63 Å². The third kappa shape index (κ3) is 2.25. The summed E-state index contributed by atoms with van der Waals surface area (Å²) in [5.41, 5.74) is 7.62. The monoisotopic (exact) mass is 261 g/mol. The number of anilines is 1. The molecule has 2 unspecified atom stereocenters. The van der Waals surface area contributed by atoms with Gasteiger partial charge in [0, 0.05) is 0 Å². The number of ether oxygens (including phenoxy) is 1. The van der Waals surface area contributed by atoms with Crippen LogP contribution < -0.4 is 10.5 Å². The van der Waals surface area contributed by atoms with Gasteiger partial charge in [-0.15, -0.1) is 0 Å². The summed E-state index contributed by atoms with van der Waals surface area (Å²) in [4.78, 5) is 0. The van der Waals surface area contributed by atoms with E-state index in [4.69, 9.17) is 15.1 Å². The minimum absolute atomic E-state index is 0.266. The highest BCUT2D eigenvalue weighted by Gasteiger charge is 2.26. The molecule has 2 N–H and O–H groups in total. The maximum atomic E-state index is 6.17. The zero-order chi connectivity index (χ0) is 13.2. The summed E-state index contributed by atoms with van der Waals surface area (Å²) in [7, 11) is 0. The number of rotatable bonds is 3. The molecule has 102 valence electrons. The second-order valence-corrected chi connectivity index (χ2v) is 5.22. The first-order valence-electron chi connectivity index (χ1n) is 6.97. The fraction of sp³-hybridized carbons (Fsp3) is 0.571. The van der Waals surface area contributed by atoms with Crippen molar-refractivity contribution in [1.82, 2.24) is 10.3 Å². The second-order valence-electron chi connectivity index (χ2n) is 5.22. The Kier molecular flexibility index (Phi) is 3.27. The van der Waals surface area contributed by atoms with Crippen LogP contribution in [-0.4, -0.2) is 16.4 Å². The summed E-state index contributed by atoms with van der Waals surface area (Å²) < 4.78 is 10.9. The first-order valence-corrected chi connectivity index (χ1v) is 6.97. The Labute approximate surface area is 112 Å². The molecule has 3 rings (SSSR count). The standard InChI is InChI=1S/C14H19N3O2/c1-2-9-5-3-4-6-11(9)18-12-8-7-10(15)13-14(12)17-19-16-13/h7-9,11H,2-6,15H2,1H3. The Morgan fingerprint density at radius 2 is 2.05 bits per heavy atom. The van der Waals surface area contributed by atoms with Crippen LogP contribution in [0.25, 0.3) is 11.0 Å². The molecule has 1 saturated carbocycles. The van der Waals surface area contributed by atoms with E-state index >= 15 is 0 Å². The normalized spacial score (nSPS) is 23.6. The lowest BCUT2D eigenvalue weighted by atomic mass is 9.85. The molecule has 0 spiro atoms. The molecular formula is C14H19N3O2. The topological polar surface area (TPSA) is 74.2 Å². The van der Waals surface area contributed by atoms with Gasteiger partial charge in [-0.2, -0.15) is 0 Å². The van der Waals surface area contributed by atoms with Crippen molar-refractivity contribution >= 4 is 16.7 Å². The number of fused-ring (bicyclic) bond motifs is 1. The van der Waals surface area contributed by atoms with Gasteiger partial charge in [0.25, 0.3) is 0 Å². The number of aromatic nitrogens is 2. The van der Waals surface area contributed by atoms with Crippen LogP contribution in [0, 0.1) is 5.92 Å². The molecule has 5 heteroatoms. The lowest BCUT2D eigenvalue weighted by molar-refractivity contribution is 0.0915. The molecule has 2 aromatic rings. The summed E-state index contributed by atoms with van der Waals surface area (Å²) in [6.45, 7) is 2.22. The van der Waals surface area contributed by atoms with Crippen LogP contribution in [0.2, 0.25) is 0 Å². The summed E-state index contributed by atoms with van der Waals surface area (Å²) in [6, 6.07) is 3.66. The van der Waals surface area contributed by atoms with Crippen molar-refractivity contribution in [3.05, 3.63) is 12.1 Å². The molecule has 1 aromatic heterocycles. The van der Waals surface area contributed by atoms with Crippen molar-refractivity contribution in [2.75, 3.05) is 5.73 Å². The maximum absolute atomic E-state index is 6.17. The van der Waals surface area contributed by atoms with E-state index in [9.17, 15) is 0 Å². The SMILES string of the molecule is CCC1CCCCC1Oc1ccc(N)c2nonc12. The third-order valence-corrected chi connectivity index (χ3v) is 4.05. The molecule has 0 amide bonds. The van der Waals surface area contributed by atoms with Crippen LogP contribution in [0.4, 0.5) is 5.69 Å². The molecule has 0 saturated heterocycles. The van der Waals surface area contributed by atoms with Gasteiger partial charge >= 0.3 is 0 Å². The van der Waals surface area contributed by atoms with E-state index in [1.54, 1.807) is 6.07 Å². The molecule has 1 aromatic carbocycles. The summed E-state index contributed by atoms with van der Waals surface area (Å²) in [5.74, 6) is 1.36. The molecule has 1 fully saturated rings. The van der Waals surface area contributed by atoms with Gasteiger partial charge < -0.3 is 10.5 Å². The smallest absolute Gasteiger partial charge is 0.179 e. The van der Waals surface area contributed by atoms with E-state index in [1.165, 1.54) is 19.3 Å². The number of hydrogen-bond donors (Lipinski definition) is 1. The van der Waals surface area contributed by atoms with Gasteiger partial charge in [-0.1, -0.05) is 13.3 Å². The molecule has 1 aliphatic carbocycles. The Morgan fingerprint density at radius 3 is 2.89 bits per heavy atom. The zero-order valence-corrected chi connectivity index (χ0v) is 11.1. The fourth-order valence-corrected chi connectivity index (χ4v) is 2.92. The molecule has 19 heavy (non-hydrogen) atoms. The van der Waals surface area contributed by atoms with E-state index in [1.807, 2.05) is 6.07 Å². The van der Waals surface area contributed by atoms with E-state index in [-0.39, 0.29) is 6.10 Å².